The number of ether oxygens (including phenoxy) is 2. The Morgan fingerprint density at radius 1 is 1.20 bits per heavy atom. The van der Waals surface area contributed by atoms with Crippen LogP contribution in [0.5, 0.6) is 11.5 Å². The van der Waals surface area contributed by atoms with Crippen LogP contribution in [0.15, 0.2) is 66.5 Å². The third-order valence-electron chi connectivity index (χ3n) is 8.65. The number of nitriles is 1. The van der Waals surface area contributed by atoms with Crippen molar-refractivity contribution in [2.75, 3.05) is 39.1 Å². The van der Waals surface area contributed by atoms with Gasteiger partial charge in [-0.2, -0.15) is 10.4 Å². The summed E-state index contributed by atoms with van der Waals surface area (Å²) < 4.78 is 28.4. The highest BCUT2D eigenvalue weighted by molar-refractivity contribution is 5.99. The number of nitrogen functional groups attached to an aromatic ring is 1. The van der Waals surface area contributed by atoms with Crippen LogP contribution in [-0.2, 0) is 9.53 Å². The van der Waals surface area contributed by atoms with Crippen molar-refractivity contribution in [2.45, 2.75) is 44.3 Å². The summed E-state index contributed by atoms with van der Waals surface area (Å²) in [4.78, 5) is 26.1. The van der Waals surface area contributed by atoms with Gasteiger partial charge in [-0.1, -0.05) is 18.2 Å². The lowest BCUT2D eigenvalue weighted by molar-refractivity contribution is -0.128. The number of hydrogen-bond donors (Lipinski definition) is 1. The van der Waals surface area contributed by atoms with Crippen molar-refractivity contribution in [1.29, 1.82) is 5.26 Å². The second kappa shape index (κ2) is 12.3. The van der Waals surface area contributed by atoms with Crippen LogP contribution in [-0.4, -0.2) is 80.4 Å². The van der Waals surface area contributed by atoms with Crippen LogP contribution in [0.1, 0.15) is 32.7 Å². The Labute approximate surface area is 260 Å². The molecule has 2 aliphatic heterocycles. The maximum Gasteiger partial charge on any atom is 0.264 e. The van der Waals surface area contributed by atoms with E-state index in [0.29, 0.717) is 67.4 Å². The number of carbonyl (C=O) groups excluding carboxylic acids is 1. The van der Waals surface area contributed by atoms with Crippen LogP contribution in [0.2, 0.25) is 0 Å². The molecule has 0 unspecified atom stereocenters. The summed E-state index contributed by atoms with van der Waals surface area (Å²) >= 11 is 0. The van der Waals surface area contributed by atoms with Crippen molar-refractivity contribution >= 4 is 22.8 Å². The lowest BCUT2D eigenvalue weighted by atomic mass is 9.96. The molecular formula is C33H35FN8O3. The second-order valence-corrected chi connectivity index (χ2v) is 12.0. The normalized spacial score (nSPS) is 17.7. The van der Waals surface area contributed by atoms with Gasteiger partial charge in [-0.3, -0.25) is 9.69 Å². The Hall–Kier alpha value is -4.86. The zero-order valence-electron chi connectivity index (χ0n) is 25.5. The van der Waals surface area contributed by atoms with Crippen LogP contribution in [0.3, 0.4) is 0 Å². The van der Waals surface area contributed by atoms with Crippen molar-refractivity contribution < 1.29 is 18.7 Å². The minimum atomic E-state index is -0.538. The molecule has 2 saturated heterocycles. The minimum Gasteiger partial charge on any atom is -0.457 e. The number of benzene rings is 2. The summed E-state index contributed by atoms with van der Waals surface area (Å²) in [6, 6.07) is 15.8. The Bertz CT molecular complexity index is 1790. The molecule has 2 fully saturated rings. The first-order valence-electron chi connectivity index (χ1n) is 14.9. The minimum absolute atomic E-state index is 0.0882. The van der Waals surface area contributed by atoms with Crippen molar-refractivity contribution in [3.63, 3.8) is 0 Å². The molecule has 1 atom stereocenters. The topological polar surface area (TPSA) is 135 Å². The number of aromatic nitrogens is 4. The number of hydrogen-bond acceptors (Lipinski definition) is 9. The predicted molar refractivity (Wildman–Crippen MR) is 167 cm³/mol. The molecule has 0 aliphatic carbocycles. The number of halogens is 1. The molecule has 2 aliphatic rings. The number of amides is 1. The van der Waals surface area contributed by atoms with Gasteiger partial charge >= 0.3 is 0 Å². The second-order valence-electron chi connectivity index (χ2n) is 12.0. The zero-order valence-corrected chi connectivity index (χ0v) is 25.5. The van der Waals surface area contributed by atoms with E-state index in [2.05, 4.69) is 20.9 Å². The van der Waals surface area contributed by atoms with Crippen molar-refractivity contribution in [1.82, 2.24) is 29.5 Å². The number of rotatable bonds is 8. The molecule has 12 heteroatoms. The number of anilines is 1. The molecular weight excluding hydrogens is 575 g/mol. The van der Waals surface area contributed by atoms with Gasteiger partial charge in [0.1, 0.15) is 46.8 Å². The van der Waals surface area contributed by atoms with Gasteiger partial charge in [0.2, 0.25) is 0 Å². The van der Waals surface area contributed by atoms with Crippen LogP contribution < -0.4 is 10.5 Å². The van der Waals surface area contributed by atoms with Gasteiger partial charge in [0.25, 0.3) is 5.91 Å². The van der Waals surface area contributed by atoms with Gasteiger partial charge in [0, 0.05) is 30.3 Å². The van der Waals surface area contributed by atoms with E-state index >= 15 is 4.39 Å². The van der Waals surface area contributed by atoms with Gasteiger partial charge < -0.3 is 20.1 Å². The molecule has 0 saturated carbocycles. The van der Waals surface area contributed by atoms with Crippen LogP contribution in [0.25, 0.3) is 22.3 Å². The van der Waals surface area contributed by atoms with Gasteiger partial charge in [-0.25, -0.2) is 19.0 Å². The zero-order chi connectivity index (χ0) is 31.7. The molecule has 1 amide bonds. The van der Waals surface area contributed by atoms with Crippen molar-refractivity contribution in [3.8, 4) is 28.8 Å². The number of likely N-dealkylation sites (N-methyl/N-ethyl adjacent to an activating group) is 1. The first-order valence-corrected chi connectivity index (χ1v) is 14.9. The molecule has 45 heavy (non-hydrogen) atoms. The fourth-order valence-electron chi connectivity index (χ4n) is 5.84. The van der Waals surface area contributed by atoms with Crippen LogP contribution in [0, 0.1) is 17.1 Å². The van der Waals surface area contributed by atoms with E-state index in [-0.39, 0.29) is 34.9 Å². The maximum atomic E-state index is 15.6. The first kappa shape index (κ1) is 30.2. The maximum absolute atomic E-state index is 15.6. The van der Waals surface area contributed by atoms with Crippen molar-refractivity contribution in [3.05, 3.63) is 72.3 Å². The van der Waals surface area contributed by atoms with E-state index in [1.807, 2.05) is 39.1 Å². The number of nitrogens with two attached hydrogens (primary N) is 1. The van der Waals surface area contributed by atoms with Gasteiger partial charge in [0.05, 0.1) is 30.7 Å². The van der Waals surface area contributed by atoms with E-state index in [1.165, 1.54) is 12.4 Å². The molecule has 6 rings (SSSR count). The molecule has 4 aromatic rings. The number of carbonyl (C=O) groups is 1. The molecule has 232 valence electrons. The van der Waals surface area contributed by atoms with Gasteiger partial charge in [-0.15, -0.1) is 0 Å². The smallest absolute Gasteiger partial charge is 0.264 e. The lowest BCUT2D eigenvalue weighted by Crippen LogP contribution is -2.55. The Morgan fingerprint density at radius 2 is 1.98 bits per heavy atom. The molecule has 4 heterocycles. The van der Waals surface area contributed by atoms with Crippen molar-refractivity contribution in [2.24, 2.45) is 0 Å². The SMILES string of the molecule is CN(C1COC1)C(C)(C)/C=C(/C#N)C(=O)N1CCC[C@@H](n2nc(-c3ccc(Oc4ccccc4)cc3F)c3c(N)ncnc32)C1. The molecule has 0 bridgehead atoms. The summed E-state index contributed by atoms with van der Waals surface area (Å²) in [5.41, 5.74) is 6.83. The number of fused-ring (bicyclic) bond motifs is 1. The molecule has 11 nitrogen and oxygen atoms in total. The van der Waals surface area contributed by atoms with E-state index in [1.54, 1.807) is 39.9 Å². The lowest BCUT2D eigenvalue weighted by Gasteiger charge is -2.43. The van der Waals surface area contributed by atoms with E-state index in [4.69, 9.17) is 20.3 Å². The molecule has 2 aromatic heterocycles. The van der Waals surface area contributed by atoms with E-state index < -0.39 is 11.4 Å². The first-order chi connectivity index (χ1) is 21.7. The third kappa shape index (κ3) is 5.96. The summed E-state index contributed by atoms with van der Waals surface area (Å²) in [6.45, 7) is 6.02. The molecule has 2 N–H and O–H groups in total. The molecule has 0 spiro atoms. The average Bonchev–Trinajstić information content (AvgIpc) is 3.40. The van der Waals surface area contributed by atoms with Crippen LogP contribution >= 0.6 is 0 Å². The van der Waals surface area contributed by atoms with Gasteiger partial charge in [-0.05, 0) is 64.1 Å². The molecule has 2 aromatic carbocycles. The summed E-state index contributed by atoms with van der Waals surface area (Å²) in [7, 11) is 1.97. The summed E-state index contributed by atoms with van der Waals surface area (Å²) in [6.07, 6.45) is 4.48. The predicted octanol–water partition coefficient (Wildman–Crippen LogP) is 4.73. The number of likely N-dealkylation sites (tertiary alicyclic amines) is 1. The standard InChI is InChI=1S/C33H35FN8O3/c1-33(2,40(3)23-18-44-19-23)15-21(16-35)32(43)41-13-7-8-22(17-41)42-31-28(30(36)37-20-38-31)29(39-42)26-12-11-25(14-27(26)34)45-24-9-5-4-6-10-24/h4-6,9-12,14-15,20,22-23H,7-8,13,17-19H2,1-3H3,(H2,36,37,38)/b21-15-/t22-/m1/s1. The highest BCUT2D eigenvalue weighted by Crippen LogP contribution is 2.36. The average molecular weight is 611 g/mol. The van der Waals surface area contributed by atoms with E-state index in [0.717, 1.165) is 0 Å². The Morgan fingerprint density at radius 3 is 2.67 bits per heavy atom. The number of para-hydroxylation sites is 1. The fourth-order valence-corrected chi connectivity index (χ4v) is 5.84. The monoisotopic (exact) mass is 610 g/mol. The van der Waals surface area contributed by atoms with E-state index in [9.17, 15) is 10.1 Å². The third-order valence-corrected chi connectivity index (χ3v) is 8.65. The Balaban J connectivity index is 1.28. The quantitative estimate of drug-likeness (QED) is 0.222. The summed E-state index contributed by atoms with van der Waals surface area (Å²) in [5.74, 6) is 0.231. The summed E-state index contributed by atoms with van der Waals surface area (Å²) in [5, 5.41) is 15.2. The number of piperidine rings is 1. The number of nitrogens with zero attached hydrogens (tertiary/aromatic N) is 7. The van der Waals surface area contributed by atoms with Crippen LogP contribution in [0.4, 0.5) is 10.2 Å². The highest BCUT2D eigenvalue weighted by Gasteiger charge is 2.35. The molecule has 0 radical (unpaired) electrons. The Kier molecular flexibility index (Phi) is 8.22. The highest BCUT2D eigenvalue weighted by atomic mass is 19.1. The largest absolute Gasteiger partial charge is 0.457 e. The van der Waals surface area contributed by atoms with Gasteiger partial charge in [0.15, 0.2) is 5.65 Å². The fraction of sp³-hybridized carbons (Fsp3) is 0.364.